The molecule has 0 fully saturated rings. The lowest BCUT2D eigenvalue weighted by molar-refractivity contribution is -0.137. The van der Waals surface area contributed by atoms with E-state index in [-0.39, 0.29) is 22.0 Å². The molecular formula is C22H18F4N2O4S. The number of nitrogens with one attached hydrogen (secondary N) is 2. The number of benzene rings is 3. The second-order valence-electron chi connectivity index (χ2n) is 6.96. The lowest BCUT2D eigenvalue weighted by Gasteiger charge is -2.13. The van der Waals surface area contributed by atoms with Crippen LogP contribution in [0.3, 0.4) is 0 Å². The van der Waals surface area contributed by atoms with Crippen LogP contribution < -0.4 is 14.8 Å². The Morgan fingerprint density at radius 2 is 1.67 bits per heavy atom. The molecule has 0 heterocycles. The Hall–Kier alpha value is -3.60. The molecule has 0 bridgehead atoms. The smallest absolute Gasteiger partial charge is 0.416 e. The first-order valence-electron chi connectivity index (χ1n) is 9.43. The van der Waals surface area contributed by atoms with Gasteiger partial charge in [0.1, 0.15) is 11.6 Å². The van der Waals surface area contributed by atoms with Crippen LogP contribution >= 0.6 is 0 Å². The molecule has 174 valence electrons. The van der Waals surface area contributed by atoms with Gasteiger partial charge in [-0.05, 0) is 73.2 Å². The molecule has 0 spiro atoms. The summed E-state index contributed by atoms with van der Waals surface area (Å²) in [6.07, 6.45) is -4.54. The molecule has 0 atom stereocenters. The maximum atomic E-state index is 13.0. The SMILES string of the molecule is Cc1cc(S(=O)(=O)Nc2ccc(F)cc2)ccc1OCC(=O)Nc1cccc(C(F)(F)F)c1. The van der Waals surface area contributed by atoms with E-state index in [1.807, 2.05) is 0 Å². The standard InChI is InChI=1S/C22H18F4N2O4S/c1-14-11-19(33(30,31)28-17-7-5-16(23)6-8-17)9-10-20(14)32-13-21(29)27-18-4-2-3-15(12-18)22(24,25)26/h2-12,28H,13H2,1H3,(H,27,29). The van der Waals surface area contributed by atoms with Gasteiger partial charge in [0.25, 0.3) is 15.9 Å². The summed E-state index contributed by atoms with van der Waals surface area (Å²) >= 11 is 0. The fourth-order valence-electron chi connectivity index (χ4n) is 2.80. The van der Waals surface area contributed by atoms with Crippen molar-refractivity contribution in [3.63, 3.8) is 0 Å². The van der Waals surface area contributed by atoms with Crippen molar-refractivity contribution in [2.45, 2.75) is 18.0 Å². The molecule has 0 saturated carbocycles. The number of hydrogen-bond donors (Lipinski definition) is 2. The van der Waals surface area contributed by atoms with E-state index in [1.54, 1.807) is 6.92 Å². The van der Waals surface area contributed by atoms with Gasteiger partial charge in [-0.1, -0.05) is 6.07 Å². The second kappa shape index (κ2) is 9.49. The maximum Gasteiger partial charge on any atom is 0.416 e. The molecule has 33 heavy (non-hydrogen) atoms. The number of sulfonamides is 1. The third-order valence-electron chi connectivity index (χ3n) is 4.39. The number of aryl methyl sites for hydroxylation is 1. The predicted molar refractivity (Wildman–Crippen MR) is 114 cm³/mol. The highest BCUT2D eigenvalue weighted by atomic mass is 32.2. The summed E-state index contributed by atoms with van der Waals surface area (Å²) in [5.41, 5.74) is -0.351. The highest BCUT2D eigenvalue weighted by Crippen LogP contribution is 2.30. The number of carbonyl (C=O) groups is 1. The van der Waals surface area contributed by atoms with Crippen molar-refractivity contribution in [3.8, 4) is 5.75 Å². The molecule has 1 amide bonds. The van der Waals surface area contributed by atoms with Gasteiger partial charge in [-0.15, -0.1) is 0 Å². The van der Waals surface area contributed by atoms with Crippen LogP contribution in [0.5, 0.6) is 5.75 Å². The fourth-order valence-corrected chi connectivity index (χ4v) is 3.94. The first-order valence-corrected chi connectivity index (χ1v) is 10.9. The number of carbonyl (C=O) groups excluding carboxylic acids is 1. The van der Waals surface area contributed by atoms with Gasteiger partial charge >= 0.3 is 6.18 Å². The van der Waals surface area contributed by atoms with Gasteiger partial charge in [-0.2, -0.15) is 13.2 Å². The number of hydrogen-bond acceptors (Lipinski definition) is 4. The van der Waals surface area contributed by atoms with E-state index in [0.717, 1.165) is 24.3 Å². The molecule has 0 aliphatic heterocycles. The van der Waals surface area contributed by atoms with E-state index in [9.17, 15) is 30.8 Å². The van der Waals surface area contributed by atoms with E-state index in [0.29, 0.717) is 5.56 Å². The third-order valence-corrected chi connectivity index (χ3v) is 5.76. The molecule has 11 heteroatoms. The van der Waals surface area contributed by atoms with Crippen LogP contribution in [-0.4, -0.2) is 20.9 Å². The van der Waals surface area contributed by atoms with Crippen molar-refractivity contribution in [3.05, 3.63) is 83.7 Å². The Morgan fingerprint density at radius 1 is 0.970 bits per heavy atom. The van der Waals surface area contributed by atoms with Gasteiger partial charge < -0.3 is 10.1 Å². The molecule has 6 nitrogen and oxygen atoms in total. The van der Waals surface area contributed by atoms with E-state index in [2.05, 4.69) is 10.0 Å². The quantitative estimate of drug-likeness (QED) is 0.466. The minimum atomic E-state index is -4.54. The molecular weight excluding hydrogens is 464 g/mol. The van der Waals surface area contributed by atoms with Crippen molar-refractivity contribution in [2.24, 2.45) is 0 Å². The zero-order valence-electron chi connectivity index (χ0n) is 17.1. The summed E-state index contributed by atoms with van der Waals surface area (Å²) in [6.45, 7) is 1.06. The Kier molecular flexibility index (Phi) is 6.92. The number of rotatable bonds is 7. The predicted octanol–water partition coefficient (Wildman–Crippen LogP) is 4.97. The Balaban J connectivity index is 1.63. The van der Waals surface area contributed by atoms with Gasteiger partial charge in [-0.3, -0.25) is 9.52 Å². The highest BCUT2D eigenvalue weighted by molar-refractivity contribution is 7.92. The van der Waals surface area contributed by atoms with Gasteiger partial charge in [0.05, 0.1) is 10.5 Å². The molecule has 0 saturated heterocycles. The topological polar surface area (TPSA) is 84.5 Å². The average molecular weight is 482 g/mol. The third kappa shape index (κ3) is 6.45. The van der Waals surface area contributed by atoms with Gasteiger partial charge in [0.2, 0.25) is 0 Å². The molecule has 0 radical (unpaired) electrons. The Labute approximate surface area is 187 Å². The molecule has 3 aromatic carbocycles. The molecule has 3 rings (SSSR count). The van der Waals surface area contributed by atoms with Gasteiger partial charge in [0.15, 0.2) is 6.61 Å². The maximum absolute atomic E-state index is 13.0. The summed E-state index contributed by atoms with van der Waals surface area (Å²) in [5, 5.41) is 2.31. The zero-order chi connectivity index (χ0) is 24.2. The molecule has 0 aromatic heterocycles. The number of amides is 1. The molecule has 2 N–H and O–H groups in total. The van der Waals surface area contributed by atoms with Crippen LogP contribution in [-0.2, 0) is 21.0 Å². The lowest BCUT2D eigenvalue weighted by atomic mass is 10.2. The Morgan fingerprint density at radius 3 is 2.30 bits per heavy atom. The van der Waals surface area contributed by atoms with E-state index >= 15 is 0 Å². The monoisotopic (exact) mass is 482 g/mol. The zero-order valence-corrected chi connectivity index (χ0v) is 17.9. The van der Waals surface area contributed by atoms with Crippen LogP contribution in [0, 0.1) is 12.7 Å². The summed E-state index contributed by atoms with van der Waals surface area (Å²) in [7, 11) is -3.95. The minimum Gasteiger partial charge on any atom is -0.483 e. The summed E-state index contributed by atoms with van der Waals surface area (Å²) < 4.78 is 84.1. The minimum absolute atomic E-state index is 0.0385. The van der Waals surface area contributed by atoms with Crippen LogP contribution in [0.25, 0.3) is 0 Å². The molecule has 0 aliphatic carbocycles. The highest BCUT2D eigenvalue weighted by Gasteiger charge is 2.30. The van der Waals surface area contributed by atoms with Crippen molar-refractivity contribution in [1.29, 1.82) is 0 Å². The van der Waals surface area contributed by atoms with Crippen LogP contribution in [0.1, 0.15) is 11.1 Å². The van der Waals surface area contributed by atoms with Crippen molar-refractivity contribution in [2.75, 3.05) is 16.6 Å². The lowest BCUT2D eigenvalue weighted by Crippen LogP contribution is -2.21. The average Bonchev–Trinajstić information content (AvgIpc) is 2.74. The van der Waals surface area contributed by atoms with Crippen LogP contribution in [0.2, 0.25) is 0 Å². The number of alkyl halides is 3. The first kappa shape index (κ1) is 24.1. The van der Waals surface area contributed by atoms with E-state index in [1.165, 1.54) is 42.5 Å². The number of halogens is 4. The van der Waals surface area contributed by atoms with E-state index in [4.69, 9.17) is 4.74 Å². The second-order valence-corrected chi connectivity index (χ2v) is 8.64. The normalized spacial score (nSPS) is 11.7. The van der Waals surface area contributed by atoms with Crippen molar-refractivity contribution >= 4 is 27.3 Å². The van der Waals surface area contributed by atoms with Crippen LogP contribution in [0.4, 0.5) is 28.9 Å². The molecule has 3 aromatic rings. The van der Waals surface area contributed by atoms with Crippen LogP contribution in [0.15, 0.2) is 71.6 Å². The van der Waals surface area contributed by atoms with Crippen molar-refractivity contribution in [1.82, 2.24) is 0 Å². The van der Waals surface area contributed by atoms with Crippen molar-refractivity contribution < 1.29 is 35.5 Å². The summed E-state index contributed by atoms with van der Waals surface area (Å²) in [5.74, 6) is -0.981. The number of anilines is 2. The fraction of sp³-hybridized carbons (Fsp3) is 0.136. The largest absolute Gasteiger partial charge is 0.483 e. The summed E-state index contributed by atoms with van der Waals surface area (Å²) in [6, 6.07) is 12.9. The van der Waals surface area contributed by atoms with Gasteiger partial charge in [-0.25, -0.2) is 12.8 Å². The Bertz CT molecular complexity index is 1260. The molecule has 0 aliphatic rings. The summed E-state index contributed by atoms with van der Waals surface area (Å²) in [4.78, 5) is 12.0. The first-order chi connectivity index (χ1) is 15.4. The molecule has 0 unspecified atom stereocenters. The van der Waals surface area contributed by atoms with Gasteiger partial charge in [0, 0.05) is 11.4 Å². The van der Waals surface area contributed by atoms with E-state index < -0.39 is 40.1 Å². The number of ether oxygens (including phenoxy) is 1.